The summed E-state index contributed by atoms with van der Waals surface area (Å²) in [4.78, 5) is 24.6. The second-order valence-electron chi connectivity index (χ2n) is 2.42. The Morgan fingerprint density at radius 3 is 3.08 bits per heavy atom. The van der Waals surface area contributed by atoms with E-state index in [-0.39, 0.29) is 5.56 Å². The van der Waals surface area contributed by atoms with Crippen molar-refractivity contribution in [3.05, 3.63) is 28.9 Å². The fraction of sp³-hybridized carbons (Fsp3) is 0. The van der Waals surface area contributed by atoms with Crippen molar-refractivity contribution in [2.75, 3.05) is 0 Å². The van der Waals surface area contributed by atoms with Gasteiger partial charge in [0.25, 0.3) is 0 Å². The molecule has 0 aliphatic carbocycles. The molecule has 0 saturated carbocycles. The highest BCUT2D eigenvalue weighted by atomic mass is 16.3. The van der Waals surface area contributed by atoms with Gasteiger partial charge in [-0.05, 0) is 6.07 Å². The van der Waals surface area contributed by atoms with Crippen LogP contribution < -0.4 is 0 Å². The first-order chi connectivity index (χ1) is 6.31. The summed E-state index contributed by atoms with van der Waals surface area (Å²) in [5, 5.41) is 8.64. The Morgan fingerprint density at radius 1 is 1.46 bits per heavy atom. The zero-order chi connectivity index (χ0) is 9.26. The molecule has 13 heavy (non-hydrogen) atoms. The van der Waals surface area contributed by atoms with Crippen LogP contribution in [0.4, 0.5) is 0 Å². The van der Waals surface area contributed by atoms with E-state index in [0.29, 0.717) is 11.0 Å². The number of nitroso groups, excluding NO2 is 1. The molecule has 2 rings (SSSR count). The van der Waals surface area contributed by atoms with Gasteiger partial charge in [0.1, 0.15) is 5.52 Å². The molecule has 2 aromatic rings. The Kier molecular flexibility index (Phi) is 1.59. The van der Waals surface area contributed by atoms with E-state index < -0.39 is 5.91 Å². The number of fused-ring (bicyclic) bond motifs is 1. The van der Waals surface area contributed by atoms with Gasteiger partial charge in [0.2, 0.25) is 0 Å². The van der Waals surface area contributed by atoms with Crippen molar-refractivity contribution in [1.29, 1.82) is 0 Å². The summed E-state index contributed by atoms with van der Waals surface area (Å²) >= 11 is 0. The van der Waals surface area contributed by atoms with Gasteiger partial charge in [-0.3, -0.25) is 14.9 Å². The lowest BCUT2D eigenvalue weighted by Gasteiger charge is -1.91. The summed E-state index contributed by atoms with van der Waals surface area (Å²) in [6.07, 6.45) is 2.82. The van der Waals surface area contributed by atoms with Gasteiger partial charge in [-0.2, -0.15) is 5.10 Å². The van der Waals surface area contributed by atoms with Crippen LogP contribution in [-0.4, -0.2) is 21.1 Å². The molecule has 6 nitrogen and oxygen atoms in total. The molecule has 0 aromatic carbocycles. The second kappa shape index (κ2) is 2.74. The number of aromatic amines is 1. The number of amides is 1. The van der Waals surface area contributed by atoms with Crippen LogP contribution in [0.3, 0.4) is 0 Å². The average molecular weight is 176 g/mol. The monoisotopic (exact) mass is 176 g/mol. The summed E-state index contributed by atoms with van der Waals surface area (Å²) in [7, 11) is 0. The minimum atomic E-state index is -0.830. The lowest BCUT2D eigenvalue weighted by Crippen LogP contribution is -1.93. The van der Waals surface area contributed by atoms with Crippen molar-refractivity contribution in [3.8, 4) is 0 Å². The number of nitrogens with one attached hydrogen (secondary N) is 1. The molecular formula is C7H4N4O2. The van der Waals surface area contributed by atoms with Crippen molar-refractivity contribution < 1.29 is 4.79 Å². The molecule has 0 spiro atoms. The van der Waals surface area contributed by atoms with E-state index in [9.17, 15) is 9.70 Å². The van der Waals surface area contributed by atoms with Gasteiger partial charge in [-0.1, -0.05) is 0 Å². The highest BCUT2D eigenvalue weighted by Gasteiger charge is 2.07. The standard InChI is InChI=1S/C7H4N4O2/c12-7(11-13)4-1-5-6(8-2-4)3-9-10-5/h1-3H,(H,9,10). The van der Waals surface area contributed by atoms with E-state index in [2.05, 4.69) is 20.4 Å². The molecule has 2 heterocycles. The van der Waals surface area contributed by atoms with Crippen molar-refractivity contribution in [3.63, 3.8) is 0 Å². The molecular weight excluding hydrogens is 172 g/mol. The molecule has 0 bridgehead atoms. The highest BCUT2D eigenvalue weighted by Crippen LogP contribution is 2.09. The summed E-state index contributed by atoms with van der Waals surface area (Å²) in [6.45, 7) is 0. The van der Waals surface area contributed by atoms with E-state index in [1.54, 1.807) is 0 Å². The molecule has 0 radical (unpaired) electrons. The predicted molar refractivity (Wildman–Crippen MR) is 44.0 cm³/mol. The number of pyridine rings is 1. The molecule has 6 heteroatoms. The number of rotatable bonds is 1. The summed E-state index contributed by atoms with van der Waals surface area (Å²) in [5.74, 6) is -0.830. The third-order valence-electron chi connectivity index (χ3n) is 1.62. The van der Waals surface area contributed by atoms with Gasteiger partial charge in [0, 0.05) is 11.4 Å². The Bertz CT molecular complexity index is 476. The van der Waals surface area contributed by atoms with Crippen molar-refractivity contribution in [1.82, 2.24) is 15.2 Å². The highest BCUT2D eigenvalue weighted by molar-refractivity contribution is 5.96. The molecule has 64 valence electrons. The molecule has 0 unspecified atom stereocenters. The number of hydrogen-bond donors (Lipinski definition) is 1. The minimum Gasteiger partial charge on any atom is -0.276 e. The molecule has 1 amide bonds. The fourth-order valence-electron chi connectivity index (χ4n) is 1.00. The zero-order valence-corrected chi connectivity index (χ0v) is 6.39. The summed E-state index contributed by atoms with van der Waals surface area (Å²) < 4.78 is 0. The van der Waals surface area contributed by atoms with Gasteiger partial charge in [0.05, 0.1) is 17.3 Å². The maximum Gasteiger partial charge on any atom is 0.318 e. The van der Waals surface area contributed by atoms with E-state index in [0.717, 1.165) is 0 Å². The van der Waals surface area contributed by atoms with E-state index in [4.69, 9.17) is 0 Å². The Balaban J connectivity index is 2.60. The minimum absolute atomic E-state index is 0.159. The van der Waals surface area contributed by atoms with Crippen molar-refractivity contribution >= 4 is 16.9 Å². The molecule has 0 aliphatic heterocycles. The topological polar surface area (TPSA) is 88.1 Å². The van der Waals surface area contributed by atoms with Crippen LogP contribution >= 0.6 is 0 Å². The maximum absolute atomic E-state index is 10.8. The van der Waals surface area contributed by atoms with Crippen LogP contribution in [0.5, 0.6) is 0 Å². The predicted octanol–water partition coefficient (Wildman–Crippen LogP) is 0.864. The Labute approximate surface area is 72.0 Å². The average Bonchev–Trinajstić information content (AvgIpc) is 2.63. The van der Waals surface area contributed by atoms with Gasteiger partial charge >= 0.3 is 5.91 Å². The number of aromatic nitrogens is 3. The maximum atomic E-state index is 10.8. The van der Waals surface area contributed by atoms with Crippen LogP contribution in [0, 0.1) is 4.91 Å². The molecule has 0 atom stereocenters. The third kappa shape index (κ3) is 1.18. The van der Waals surface area contributed by atoms with Crippen LogP contribution in [0.25, 0.3) is 11.0 Å². The van der Waals surface area contributed by atoms with Crippen LogP contribution in [0.2, 0.25) is 0 Å². The second-order valence-corrected chi connectivity index (χ2v) is 2.42. The number of hydrogen-bond acceptors (Lipinski definition) is 4. The molecule has 0 saturated heterocycles. The van der Waals surface area contributed by atoms with E-state index in [1.807, 2.05) is 0 Å². The van der Waals surface area contributed by atoms with Gasteiger partial charge in [0.15, 0.2) is 0 Å². The van der Waals surface area contributed by atoms with E-state index in [1.165, 1.54) is 18.5 Å². The lowest BCUT2D eigenvalue weighted by molar-refractivity contribution is 0.100. The third-order valence-corrected chi connectivity index (χ3v) is 1.62. The SMILES string of the molecule is O=NC(=O)c1cnc2cn[nH]c2c1. The number of carbonyl (C=O) groups is 1. The number of nitrogens with zero attached hydrogens (tertiary/aromatic N) is 3. The first-order valence-electron chi connectivity index (χ1n) is 3.48. The molecule has 1 N–H and O–H groups in total. The summed E-state index contributed by atoms with van der Waals surface area (Å²) in [6, 6.07) is 1.49. The smallest absolute Gasteiger partial charge is 0.276 e. The summed E-state index contributed by atoms with van der Waals surface area (Å²) in [5.41, 5.74) is 1.41. The van der Waals surface area contributed by atoms with Gasteiger partial charge in [-0.25, -0.2) is 0 Å². The van der Waals surface area contributed by atoms with E-state index >= 15 is 0 Å². The zero-order valence-electron chi connectivity index (χ0n) is 6.39. The molecule has 2 aromatic heterocycles. The number of carbonyl (C=O) groups excluding carboxylic acids is 1. The van der Waals surface area contributed by atoms with Crippen molar-refractivity contribution in [2.24, 2.45) is 5.18 Å². The Morgan fingerprint density at radius 2 is 2.31 bits per heavy atom. The van der Waals surface area contributed by atoms with Crippen LogP contribution in [-0.2, 0) is 0 Å². The first kappa shape index (κ1) is 7.53. The van der Waals surface area contributed by atoms with Gasteiger partial charge in [-0.15, -0.1) is 4.91 Å². The quantitative estimate of drug-likeness (QED) is 0.652. The first-order valence-corrected chi connectivity index (χ1v) is 3.48. The van der Waals surface area contributed by atoms with Crippen LogP contribution in [0.15, 0.2) is 23.6 Å². The largest absolute Gasteiger partial charge is 0.318 e. The normalized spacial score (nSPS) is 10.2. The fourth-order valence-corrected chi connectivity index (χ4v) is 1.00. The lowest BCUT2D eigenvalue weighted by atomic mass is 10.2. The van der Waals surface area contributed by atoms with Crippen molar-refractivity contribution in [2.45, 2.75) is 0 Å². The van der Waals surface area contributed by atoms with Gasteiger partial charge < -0.3 is 0 Å². The molecule has 0 aliphatic rings. The Hall–Kier alpha value is -2.11. The number of H-pyrrole nitrogens is 1. The molecule has 0 fully saturated rings. The van der Waals surface area contributed by atoms with Crippen LogP contribution in [0.1, 0.15) is 10.4 Å².